The Balaban J connectivity index is 1.49. The number of benzene rings is 1. The Morgan fingerprint density at radius 2 is 1.94 bits per heavy atom. The molecule has 3 amide bonds. The van der Waals surface area contributed by atoms with Crippen molar-refractivity contribution in [2.75, 3.05) is 31.1 Å². The largest absolute Gasteiger partial charge is 0.491 e. The molecular formula is C21H20F5N5O5. The number of amides is 3. The number of rotatable bonds is 4. The van der Waals surface area contributed by atoms with Crippen LogP contribution in [0.4, 0.5) is 32.6 Å². The second-order valence-electron chi connectivity index (χ2n) is 8.55. The molecule has 4 rings (SSSR count). The highest BCUT2D eigenvalue weighted by molar-refractivity contribution is 6.08. The van der Waals surface area contributed by atoms with Crippen LogP contribution in [0.2, 0.25) is 0 Å². The van der Waals surface area contributed by atoms with Gasteiger partial charge in [-0.1, -0.05) is 6.07 Å². The molecule has 1 atom stereocenters. The molecule has 0 radical (unpaired) electrons. The van der Waals surface area contributed by atoms with Crippen LogP contribution >= 0.6 is 0 Å². The highest BCUT2D eigenvalue weighted by atomic mass is 19.4. The molecule has 0 saturated carbocycles. The van der Waals surface area contributed by atoms with Crippen LogP contribution in [0.25, 0.3) is 10.9 Å². The Bertz CT molecular complexity index is 1240. The average Bonchev–Trinajstić information content (AvgIpc) is 3.08. The van der Waals surface area contributed by atoms with Crippen molar-refractivity contribution in [3.05, 3.63) is 23.8 Å². The number of piperidine rings is 1. The van der Waals surface area contributed by atoms with Crippen molar-refractivity contribution in [1.29, 1.82) is 0 Å². The second-order valence-corrected chi connectivity index (χ2v) is 8.55. The van der Waals surface area contributed by atoms with Gasteiger partial charge in [0.05, 0.1) is 24.5 Å². The fourth-order valence-corrected chi connectivity index (χ4v) is 4.37. The van der Waals surface area contributed by atoms with E-state index in [0.29, 0.717) is 10.9 Å². The standard InChI is InChI=1S/C21H20F5N5O5/c1-29-14-8-11(2-3-12(14)17(28-29)31-7-5-15(32)27-19(31)35)13-4-6-30(10-20(13,22)23)9-16(33)36-18(34)21(24,25)26/h2-3,8,13H,4-7,9-10H2,1H3,(H,27,32,35)/t13-/m0/s1. The highest BCUT2D eigenvalue weighted by Gasteiger charge is 2.47. The molecule has 2 fully saturated rings. The van der Waals surface area contributed by atoms with Crippen molar-refractivity contribution in [3.63, 3.8) is 0 Å². The van der Waals surface area contributed by atoms with Gasteiger partial charge < -0.3 is 4.74 Å². The maximum absolute atomic E-state index is 15.0. The van der Waals surface area contributed by atoms with E-state index in [1.807, 2.05) is 0 Å². The number of carbonyl (C=O) groups excluding carboxylic acids is 4. The minimum absolute atomic E-state index is 0.0494. The first-order valence-electron chi connectivity index (χ1n) is 10.8. The van der Waals surface area contributed by atoms with Crippen molar-refractivity contribution in [2.45, 2.75) is 30.9 Å². The van der Waals surface area contributed by atoms with Crippen molar-refractivity contribution >= 4 is 40.6 Å². The molecule has 2 aliphatic heterocycles. The zero-order valence-corrected chi connectivity index (χ0v) is 18.8. The summed E-state index contributed by atoms with van der Waals surface area (Å²) in [5.74, 6) is -9.02. The summed E-state index contributed by atoms with van der Waals surface area (Å²) in [6, 6.07) is 3.91. The Kier molecular flexibility index (Phi) is 6.45. The van der Waals surface area contributed by atoms with E-state index in [1.54, 1.807) is 13.1 Å². The van der Waals surface area contributed by atoms with Gasteiger partial charge in [0.1, 0.15) is 0 Å². The number of urea groups is 1. The van der Waals surface area contributed by atoms with Crippen molar-refractivity contribution in [1.82, 2.24) is 20.0 Å². The molecule has 0 aliphatic carbocycles. The van der Waals surface area contributed by atoms with E-state index in [9.17, 15) is 32.3 Å². The molecule has 0 unspecified atom stereocenters. The lowest BCUT2D eigenvalue weighted by Gasteiger charge is -2.38. The van der Waals surface area contributed by atoms with E-state index >= 15 is 8.78 Å². The number of hydrogen-bond donors (Lipinski definition) is 1. The molecule has 0 bridgehead atoms. The third kappa shape index (κ3) is 5.01. The molecule has 3 heterocycles. The second kappa shape index (κ2) is 9.11. The van der Waals surface area contributed by atoms with E-state index < -0.39 is 55.0 Å². The summed E-state index contributed by atoms with van der Waals surface area (Å²) in [5.41, 5.74) is 0.745. The lowest BCUT2D eigenvalue weighted by Crippen LogP contribution is -2.49. The van der Waals surface area contributed by atoms with Gasteiger partial charge in [0.2, 0.25) is 5.91 Å². The number of esters is 2. The Labute approximate surface area is 199 Å². The number of ether oxygens (including phenoxy) is 1. The molecule has 36 heavy (non-hydrogen) atoms. The third-order valence-electron chi connectivity index (χ3n) is 6.04. The minimum atomic E-state index is -5.37. The quantitative estimate of drug-likeness (QED) is 0.375. The molecule has 0 spiro atoms. The predicted octanol–water partition coefficient (Wildman–Crippen LogP) is 2.08. The number of nitrogens with zero attached hydrogens (tertiary/aromatic N) is 4. The van der Waals surface area contributed by atoms with Gasteiger partial charge in [-0.25, -0.2) is 18.4 Å². The number of aromatic nitrogens is 2. The van der Waals surface area contributed by atoms with Crippen LogP contribution in [0.15, 0.2) is 18.2 Å². The molecule has 2 aliphatic rings. The number of imide groups is 1. The molecule has 2 saturated heterocycles. The van der Waals surface area contributed by atoms with E-state index in [2.05, 4.69) is 15.2 Å². The molecular weight excluding hydrogens is 497 g/mol. The molecule has 15 heteroatoms. The topological polar surface area (TPSA) is 114 Å². The molecule has 2 aromatic rings. The predicted molar refractivity (Wildman–Crippen MR) is 112 cm³/mol. The number of likely N-dealkylation sites (tertiary alicyclic amines) is 1. The number of hydrogen-bond acceptors (Lipinski definition) is 7. The zero-order valence-electron chi connectivity index (χ0n) is 18.8. The Morgan fingerprint density at radius 3 is 2.58 bits per heavy atom. The van der Waals surface area contributed by atoms with Gasteiger partial charge in [0, 0.05) is 25.4 Å². The lowest BCUT2D eigenvalue weighted by atomic mass is 9.86. The van der Waals surface area contributed by atoms with Gasteiger partial charge in [0.15, 0.2) is 5.82 Å². The number of nitrogens with one attached hydrogen (secondary N) is 1. The van der Waals surface area contributed by atoms with Gasteiger partial charge in [0.25, 0.3) is 5.92 Å². The Hall–Kier alpha value is -3.62. The molecule has 1 aromatic carbocycles. The molecule has 194 valence electrons. The van der Waals surface area contributed by atoms with Crippen LogP contribution in [0.1, 0.15) is 24.3 Å². The van der Waals surface area contributed by atoms with E-state index in [4.69, 9.17) is 0 Å². The van der Waals surface area contributed by atoms with E-state index in [-0.39, 0.29) is 37.3 Å². The number of anilines is 1. The fraction of sp³-hybridized carbons (Fsp3) is 0.476. The van der Waals surface area contributed by atoms with Crippen LogP contribution in [0.5, 0.6) is 0 Å². The van der Waals surface area contributed by atoms with Crippen molar-refractivity contribution in [3.8, 4) is 0 Å². The first-order chi connectivity index (χ1) is 16.8. The smallest absolute Gasteiger partial charge is 0.385 e. The summed E-state index contributed by atoms with van der Waals surface area (Å²) in [5, 5.41) is 7.03. The summed E-state index contributed by atoms with van der Waals surface area (Å²) >= 11 is 0. The first kappa shape index (κ1) is 25.5. The maximum atomic E-state index is 15.0. The van der Waals surface area contributed by atoms with Gasteiger partial charge in [-0.2, -0.15) is 18.3 Å². The van der Waals surface area contributed by atoms with Gasteiger partial charge in [-0.3, -0.25) is 29.4 Å². The Morgan fingerprint density at radius 1 is 1.22 bits per heavy atom. The van der Waals surface area contributed by atoms with Gasteiger partial charge >= 0.3 is 24.1 Å². The maximum Gasteiger partial charge on any atom is 0.491 e. The normalized spacial score (nSPS) is 20.9. The van der Waals surface area contributed by atoms with Crippen LogP contribution in [0.3, 0.4) is 0 Å². The van der Waals surface area contributed by atoms with Crippen LogP contribution in [-0.2, 0) is 26.2 Å². The summed E-state index contributed by atoms with van der Waals surface area (Å²) in [6.07, 6.45) is -5.41. The summed E-state index contributed by atoms with van der Waals surface area (Å²) in [7, 11) is 1.58. The van der Waals surface area contributed by atoms with Crippen molar-refractivity contribution in [2.24, 2.45) is 7.05 Å². The van der Waals surface area contributed by atoms with E-state index in [1.165, 1.54) is 21.7 Å². The van der Waals surface area contributed by atoms with Crippen LogP contribution in [0, 0.1) is 0 Å². The minimum Gasteiger partial charge on any atom is -0.385 e. The summed E-state index contributed by atoms with van der Waals surface area (Å²) in [4.78, 5) is 48.2. The average molecular weight is 517 g/mol. The molecule has 1 aromatic heterocycles. The number of halogens is 5. The fourth-order valence-electron chi connectivity index (χ4n) is 4.37. The summed E-state index contributed by atoms with van der Waals surface area (Å²) < 4.78 is 71.9. The lowest BCUT2D eigenvalue weighted by molar-refractivity contribution is -0.202. The first-order valence-corrected chi connectivity index (χ1v) is 10.8. The van der Waals surface area contributed by atoms with Crippen LogP contribution in [-0.4, -0.2) is 76.8 Å². The highest BCUT2D eigenvalue weighted by Crippen LogP contribution is 2.41. The number of alkyl halides is 5. The summed E-state index contributed by atoms with van der Waals surface area (Å²) in [6.45, 7) is -1.75. The zero-order chi connectivity index (χ0) is 26.4. The number of fused-ring (bicyclic) bond motifs is 1. The number of aryl methyl sites for hydroxylation is 1. The monoisotopic (exact) mass is 517 g/mol. The number of carbonyl (C=O) groups is 4. The molecule has 10 nitrogen and oxygen atoms in total. The third-order valence-corrected chi connectivity index (χ3v) is 6.04. The van der Waals surface area contributed by atoms with Gasteiger partial charge in [-0.15, -0.1) is 0 Å². The van der Waals surface area contributed by atoms with Gasteiger partial charge in [-0.05, 0) is 30.7 Å². The molecule has 1 N–H and O–H groups in total. The SMILES string of the molecule is Cn1nc(N2CCC(=O)NC2=O)c2ccc([C@@H]3CCN(CC(=O)OC(=O)C(F)(F)F)CC3(F)F)cc21. The van der Waals surface area contributed by atoms with Crippen molar-refractivity contribution < 1.29 is 45.9 Å². The van der Waals surface area contributed by atoms with E-state index in [0.717, 1.165) is 4.90 Å². The van der Waals surface area contributed by atoms with Crippen LogP contribution < -0.4 is 10.2 Å².